The van der Waals surface area contributed by atoms with E-state index in [9.17, 15) is 4.79 Å². The molecule has 0 atom stereocenters. The van der Waals surface area contributed by atoms with Crippen molar-refractivity contribution >= 4 is 23.3 Å². The molecule has 0 saturated carbocycles. The largest absolute Gasteiger partial charge is 0.305 e. The molecule has 17 heavy (non-hydrogen) atoms. The minimum absolute atomic E-state index is 0.231. The highest BCUT2D eigenvalue weighted by atomic mass is 35.5. The number of aryl methyl sites for hydroxylation is 1. The lowest BCUT2D eigenvalue weighted by Gasteiger charge is -2.05. The number of hydrogen-bond acceptors (Lipinski definition) is 3. The van der Waals surface area contributed by atoms with E-state index in [1.54, 1.807) is 24.4 Å². The summed E-state index contributed by atoms with van der Waals surface area (Å²) >= 11 is 5.89. The Kier molecular flexibility index (Phi) is 3.35. The van der Waals surface area contributed by atoms with Gasteiger partial charge in [-0.05, 0) is 30.7 Å². The molecule has 0 aliphatic carbocycles. The van der Waals surface area contributed by atoms with E-state index in [-0.39, 0.29) is 5.91 Å². The van der Waals surface area contributed by atoms with E-state index < -0.39 is 0 Å². The molecule has 4 nitrogen and oxygen atoms in total. The highest BCUT2D eigenvalue weighted by molar-refractivity contribution is 6.31. The van der Waals surface area contributed by atoms with Crippen LogP contribution in [0.1, 0.15) is 15.9 Å². The number of hydrogen-bond donors (Lipinski definition) is 1. The average Bonchev–Trinajstić information content (AvgIpc) is 2.34. The number of nitrogens with zero attached hydrogens (tertiary/aromatic N) is 2. The van der Waals surface area contributed by atoms with Crippen LogP contribution in [-0.2, 0) is 0 Å². The summed E-state index contributed by atoms with van der Waals surface area (Å²) in [5.74, 6) is 0.190. The van der Waals surface area contributed by atoms with Gasteiger partial charge in [0.25, 0.3) is 5.91 Å². The van der Waals surface area contributed by atoms with E-state index in [4.69, 9.17) is 11.6 Å². The van der Waals surface area contributed by atoms with Crippen LogP contribution in [0, 0.1) is 6.92 Å². The molecule has 2 aromatic rings. The van der Waals surface area contributed by atoms with E-state index in [0.717, 1.165) is 5.56 Å². The highest BCUT2D eigenvalue weighted by Gasteiger charge is 2.07. The molecule has 5 heteroatoms. The van der Waals surface area contributed by atoms with Gasteiger partial charge in [-0.1, -0.05) is 11.6 Å². The molecule has 1 amide bonds. The Balaban J connectivity index is 2.18. The summed E-state index contributed by atoms with van der Waals surface area (Å²) in [7, 11) is 0. The van der Waals surface area contributed by atoms with Gasteiger partial charge >= 0.3 is 0 Å². The lowest BCUT2D eigenvalue weighted by atomic mass is 10.1. The highest BCUT2D eigenvalue weighted by Crippen LogP contribution is 2.16. The van der Waals surface area contributed by atoms with Crippen molar-refractivity contribution < 1.29 is 4.79 Å². The molecule has 0 spiro atoms. The Morgan fingerprint density at radius 1 is 1.35 bits per heavy atom. The minimum Gasteiger partial charge on any atom is -0.305 e. The van der Waals surface area contributed by atoms with Crippen LogP contribution < -0.4 is 5.32 Å². The summed E-state index contributed by atoms with van der Waals surface area (Å²) < 4.78 is 0. The maximum absolute atomic E-state index is 11.9. The Morgan fingerprint density at radius 3 is 2.82 bits per heavy atom. The van der Waals surface area contributed by atoms with Gasteiger partial charge in [0.15, 0.2) is 5.82 Å². The van der Waals surface area contributed by atoms with E-state index in [1.807, 2.05) is 6.92 Å². The zero-order chi connectivity index (χ0) is 12.3. The Hall–Kier alpha value is -1.94. The van der Waals surface area contributed by atoms with Crippen LogP contribution in [-0.4, -0.2) is 15.9 Å². The molecule has 0 radical (unpaired) electrons. The molecule has 0 aliphatic rings. The van der Waals surface area contributed by atoms with Gasteiger partial charge in [0.2, 0.25) is 0 Å². The van der Waals surface area contributed by atoms with Crippen molar-refractivity contribution in [2.75, 3.05) is 5.32 Å². The monoisotopic (exact) mass is 247 g/mol. The smallest absolute Gasteiger partial charge is 0.256 e. The first-order chi connectivity index (χ1) is 8.16. The summed E-state index contributed by atoms with van der Waals surface area (Å²) in [4.78, 5) is 19.7. The Bertz CT molecular complexity index is 543. The minimum atomic E-state index is -0.231. The maximum atomic E-state index is 11.9. The fraction of sp³-hybridized carbons (Fsp3) is 0.0833. The van der Waals surface area contributed by atoms with Crippen LogP contribution >= 0.6 is 11.6 Å². The SMILES string of the molecule is Cc1cc(C(=O)Nc2cnccn2)ccc1Cl. The number of anilines is 1. The fourth-order valence-corrected chi connectivity index (χ4v) is 1.46. The van der Waals surface area contributed by atoms with Crippen molar-refractivity contribution in [3.05, 3.63) is 52.9 Å². The summed E-state index contributed by atoms with van der Waals surface area (Å²) in [6.07, 6.45) is 4.55. The van der Waals surface area contributed by atoms with E-state index in [2.05, 4.69) is 15.3 Å². The third kappa shape index (κ3) is 2.79. The number of nitrogens with one attached hydrogen (secondary N) is 1. The quantitative estimate of drug-likeness (QED) is 0.888. The van der Waals surface area contributed by atoms with E-state index >= 15 is 0 Å². The lowest BCUT2D eigenvalue weighted by Crippen LogP contribution is -2.13. The van der Waals surface area contributed by atoms with Crippen molar-refractivity contribution in [3.63, 3.8) is 0 Å². The first kappa shape index (κ1) is 11.5. The van der Waals surface area contributed by atoms with Gasteiger partial charge in [-0.15, -0.1) is 0 Å². The number of aromatic nitrogens is 2. The number of rotatable bonds is 2. The molecule has 0 bridgehead atoms. The van der Waals surface area contributed by atoms with Gasteiger partial charge in [0.05, 0.1) is 6.20 Å². The van der Waals surface area contributed by atoms with Crippen LogP contribution in [0.4, 0.5) is 5.82 Å². The van der Waals surface area contributed by atoms with Crippen molar-refractivity contribution in [1.29, 1.82) is 0 Å². The number of carbonyl (C=O) groups is 1. The van der Waals surface area contributed by atoms with Gasteiger partial charge in [-0.2, -0.15) is 0 Å². The van der Waals surface area contributed by atoms with E-state index in [0.29, 0.717) is 16.4 Å². The molecule has 1 N–H and O–H groups in total. The predicted molar refractivity (Wildman–Crippen MR) is 66.2 cm³/mol. The molecule has 0 saturated heterocycles. The molecular formula is C12H10ClN3O. The number of carbonyl (C=O) groups excluding carboxylic acids is 1. The van der Waals surface area contributed by atoms with Crippen LogP contribution in [0.2, 0.25) is 5.02 Å². The molecule has 1 heterocycles. The zero-order valence-corrected chi connectivity index (χ0v) is 9.90. The first-order valence-corrected chi connectivity index (χ1v) is 5.38. The van der Waals surface area contributed by atoms with Crippen molar-refractivity contribution in [2.45, 2.75) is 6.92 Å². The van der Waals surface area contributed by atoms with E-state index in [1.165, 1.54) is 12.4 Å². The fourth-order valence-electron chi connectivity index (χ4n) is 1.34. The molecule has 0 unspecified atom stereocenters. The van der Waals surface area contributed by atoms with Gasteiger partial charge < -0.3 is 5.32 Å². The van der Waals surface area contributed by atoms with Crippen LogP contribution in [0.15, 0.2) is 36.8 Å². The number of halogens is 1. The van der Waals surface area contributed by atoms with Crippen molar-refractivity contribution in [2.24, 2.45) is 0 Å². The van der Waals surface area contributed by atoms with Gasteiger partial charge in [0.1, 0.15) is 0 Å². The summed E-state index contributed by atoms with van der Waals surface area (Å²) in [6.45, 7) is 1.85. The average molecular weight is 248 g/mol. The van der Waals surface area contributed by atoms with Crippen molar-refractivity contribution in [3.8, 4) is 0 Å². The third-order valence-corrected chi connectivity index (χ3v) is 2.65. The van der Waals surface area contributed by atoms with Crippen LogP contribution in [0.5, 0.6) is 0 Å². The standard InChI is InChI=1S/C12H10ClN3O/c1-8-6-9(2-3-10(8)13)12(17)16-11-7-14-4-5-15-11/h2-7H,1H3,(H,15,16,17). The molecule has 0 aliphatic heterocycles. The second kappa shape index (κ2) is 4.93. The molecular weight excluding hydrogens is 238 g/mol. The number of amides is 1. The second-order valence-electron chi connectivity index (χ2n) is 3.51. The Morgan fingerprint density at radius 2 is 2.18 bits per heavy atom. The zero-order valence-electron chi connectivity index (χ0n) is 9.14. The summed E-state index contributed by atoms with van der Waals surface area (Å²) in [5, 5.41) is 3.29. The topological polar surface area (TPSA) is 54.9 Å². The van der Waals surface area contributed by atoms with Gasteiger partial charge in [0, 0.05) is 23.0 Å². The molecule has 86 valence electrons. The van der Waals surface area contributed by atoms with Crippen LogP contribution in [0.3, 0.4) is 0 Å². The van der Waals surface area contributed by atoms with Gasteiger partial charge in [-0.25, -0.2) is 4.98 Å². The molecule has 1 aromatic carbocycles. The summed E-state index contributed by atoms with van der Waals surface area (Å²) in [5.41, 5.74) is 1.40. The van der Waals surface area contributed by atoms with Crippen LogP contribution in [0.25, 0.3) is 0 Å². The molecule has 1 aromatic heterocycles. The molecule has 0 fully saturated rings. The van der Waals surface area contributed by atoms with Gasteiger partial charge in [-0.3, -0.25) is 9.78 Å². The molecule has 2 rings (SSSR count). The third-order valence-electron chi connectivity index (χ3n) is 2.22. The predicted octanol–water partition coefficient (Wildman–Crippen LogP) is 2.69. The number of benzene rings is 1. The Labute approximate surface area is 104 Å². The second-order valence-corrected chi connectivity index (χ2v) is 3.92. The summed E-state index contributed by atoms with van der Waals surface area (Å²) in [6, 6.07) is 5.09. The lowest BCUT2D eigenvalue weighted by molar-refractivity contribution is 0.102. The maximum Gasteiger partial charge on any atom is 0.256 e. The van der Waals surface area contributed by atoms with Crippen molar-refractivity contribution in [1.82, 2.24) is 9.97 Å². The normalized spacial score (nSPS) is 10.0. The first-order valence-electron chi connectivity index (χ1n) is 5.00.